The summed E-state index contributed by atoms with van der Waals surface area (Å²) in [6.45, 7) is 4.41. The topological polar surface area (TPSA) is 84.9 Å². The molecular formula is C27H21Br2IN2O5. The van der Waals surface area contributed by atoms with Gasteiger partial charge in [0, 0.05) is 8.04 Å². The molecule has 0 aliphatic carbocycles. The zero-order valence-electron chi connectivity index (χ0n) is 19.8. The second-order valence-electron chi connectivity index (χ2n) is 8.07. The summed E-state index contributed by atoms with van der Waals surface area (Å²) >= 11 is 9.19. The number of hydrogen-bond donors (Lipinski definition) is 1. The maximum Gasteiger partial charge on any atom is 0.335 e. The highest BCUT2D eigenvalue weighted by atomic mass is 127. The fraction of sp³-hybridized carbons (Fsp3) is 0.148. The summed E-state index contributed by atoms with van der Waals surface area (Å²) in [5.41, 5.74) is 2.54. The third-order valence-electron chi connectivity index (χ3n) is 5.44. The number of hydrogen-bond acceptors (Lipinski definition) is 5. The van der Waals surface area contributed by atoms with E-state index in [1.165, 1.54) is 6.08 Å². The molecule has 0 saturated carbocycles. The van der Waals surface area contributed by atoms with Crippen LogP contribution in [0.5, 0.6) is 11.5 Å². The Morgan fingerprint density at radius 1 is 0.973 bits per heavy atom. The minimum Gasteiger partial charge on any atom is -0.490 e. The van der Waals surface area contributed by atoms with Crippen molar-refractivity contribution in [2.24, 2.45) is 0 Å². The third kappa shape index (κ3) is 6.24. The Morgan fingerprint density at radius 2 is 1.70 bits per heavy atom. The zero-order chi connectivity index (χ0) is 26.7. The van der Waals surface area contributed by atoms with Crippen molar-refractivity contribution < 1.29 is 23.9 Å². The van der Waals surface area contributed by atoms with Crippen LogP contribution in [0.1, 0.15) is 23.6 Å². The van der Waals surface area contributed by atoms with Crippen LogP contribution < -0.4 is 19.7 Å². The molecule has 0 aromatic heterocycles. The van der Waals surface area contributed by atoms with Gasteiger partial charge in [-0.1, -0.05) is 28.1 Å². The second kappa shape index (κ2) is 11.8. The van der Waals surface area contributed by atoms with Crippen LogP contribution in [0.15, 0.2) is 69.1 Å². The smallest absolute Gasteiger partial charge is 0.335 e. The molecule has 3 aromatic carbocycles. The highest BCUT2D eigenvalue weighted by Crippen LogP contribution is 2.38. The molecule has 1 aliphatic heterocycles. The summed E-state index contributed by atoms with van der Waals surface area (Å²) in [4.78, 5) is 39.4. The van der Waals surface area contributed by atoms with Crippen LogP contribution in [0.25, 0.3) is 6.08 Å². The minimum atomic E-state index is -0.801. The van der Waals surface area contributed by atoms with Gasteiger partial charge in [-0.25, -0.2) is 9.69 Å². The first-order valence-corrected chi connectivity index (χ1v) is 13.9. The van der Waals surface area contributed by atoms with Gasteiger partial charge in [0.1, 0.15) is 12.2 Å². The summed E-state index contributed by atoms with van der Waals surface area (Å²) in [6.07, 6.45) is 1.43. The fourth-order valence-corrected chi connectivity index (χ4v) is 4.82. The Kier molecular flexibility index (Phi) is 8.71. The van der Waals surface area contributed by atoms with Crippen LogP contribution in [-0.2, 0) is 16.2 Å². The monoisotopic (exact) mass is 738 g/mol. The number of nitrogens with one attached hydrogen (secondary N) is 1. The van der Waals surface area contributed by atoms with Crippen LogP contribution in [0.2, 0.25) is 0 Å². The van der Waals surface area contributed by atoms with Crippen LogP contribution >= 0.6 is 54.5 Å². The van der Waals surface area contributed by atoms with E-state index in [4.69, 9.17) is 9.47 Å². The number of urea groups is 1. The number of imide groups is 2. The maximum absolute atomic E-state index is 13.3. The molecule has 1 saturated heterocycles. The molecule has 0 bridgehead atoms. The van der Waals surface area contributed by atoms with E-state index < -0.39 is 17.8 Å². The number of barbiturate groups is 1. The number of halogens is 3. The highest BCUT2D eigenvalue weighted by Gasteiger charge is 2.37. The molecule has 7 nitrogen and oxygen atoms in total. The second-order valence-corrected chi connectivity index (χ2v) is 11.0. The number of rotatable bonds is 7. The molecule has 4 rings (SSSR count). The van der Waals surface area contributed by atoms with Gasteiger partial charge >= 0.3 is 6.03 Å². The Hall–Kier alpha value is -2.70. The van der Waals surface area contributed by atoms with Gasteiger partial charge in [-0.15, -0.1) is 0 Å². The standard InChI is InChI=1S/C27H21Br2IN2O5/c1-3-36-23-13-17(12-22(29)24(23)37-14-16-4-6-18(30)7-5-16)11-20-25(33)31-27(35)32(26(20)34)19-8-9-21(28)15(2)10-19/h4-13H,3,14H2,1-2H3,(H,31,33,35)/b20-11+. The van der Waals surface area contributed by atoms with E-state index in [1.807, 2.05) is 38.1 Å². The van der Waals surface area contributed by atoms with Gasteiger partial charge < -0.3 is 9.47 Å². The van der Waals surface area contributed by atoms with Crippen molar-refractivity contribution in [3.63, 3.8) is 0 Å². The van der Waals surface area contributed by atoms with E-state index in [1.54, 1.807) is 30.3 Å². The number of amides is 4. The van der Waals surface area contributed by atoms with E-state index >= 15 is 0 Å². The number of nitrogens with zero attached hydrogens (tertiary/aromatic N) is 1. The minimum absolute atomic E-state index is 0.179. The van der Waals surface area contributed by atoms with E-state index in [2.05, 4.69) is 59.8 Å². The van der Waals surface area contributed by atoms with Crippen LogP contribution in [0.3, 0.4) is 0 Å². The largest absolute Gasteiger partial charge is 0.490 e. The molecule has 1 fully saturated rings. The van der Waals surface area contributed by atoms with Crippen molar-refractivity contribution in [2.75, 3.05) is 11.5 Å². The van der Waals surface area contributed by atoms with Crippen molar-refractivity contribution in [1.82, 2.24) is 5.32 Å². The Labute approximate surface area is 244 Å². The van der Waals surface area contributed by atoms with Crippen molar-refractivity contribution in [1.29, 1.82) is 0 Å². The molecule has 190 valence electrons. The molecule has 10 heteroatoms. The van der Waals surface area contributed by atoms with Gasteiger partial charge in [-0.3, -0.25) is 14.9 Å². The van der Waals surface area contributed by atoms with Gasteiger partial charge in [-0.05, 0) is 118 Å². The molecule has 0 atom stereocenters. The maximum atomic E-state index is 13.3. The molecule has 1 N–H and O–H groups in total. The average molecular weight is 740 g/mol. The molecule has 0 spiro atoms. The molecule has 37 heavy (non-hydrogen) atoms. The van der Waals surface area contributed by atoms with Gasteiger partial charge in [0.25, 0.3) is 11.8 Å². The molecule has 1 aliphatic rings. The summed E-state index contributed by atoms with van der Waals surface area (Å²) in [6, 6.07) is 15.7. The van der Waals surface area contributed by atoms with Crippen LogP contribution in [-0.4, -0.2) is 24.5 Å². The first-order valence-electron chi connectivity index (χ1n) is 11.2. The predicted octanol–water partition coefficient (Wildman–Crippen LogP) is 6.77. The quantitative estimate of drug-likeness (QED) is 0.164. The molecule has 3 aromatic rings. The van der Waals surface area contributed by atoms with Crippen molar-refractivity contribution in [3.05, 3.63) is 89.4 Å². The molecule has 1 heterocycles. The Bertz CT molecular complexity index is 1420. The van der Waals surface area contributed by atoms with E-state index in [0.717, 1.165) is 24.1 Å². The summed E-state index contributed by atoms with van der Waals surface area (Å²) in [5.74, 6) is -0.532. The number of benzene rings is 3. The van der Waals surface area contributed by atoms with E-state index in [-0.39, 0.29) is 5.57 Å². The summed E-state index contributed by atoms with van der Waals surface area (Å²) < 4.78 is 14.4. The van der Waals surface area contributed by atoms with Crippen LogP contribution in [0, 0.1) is 10.5 Å². The highest BCUT2D eigenvalue weighted by molar-refractivity contribution is 14.1. The molecular weight excluding hydrogens is 719 g/mol. The van der Waals surface area contributed by atoms with E-state index in [9.17, 15) is 14.4 Å². The van der Waals surface area contributed by atoms with Gasteiger partial charge in [0.15, 0.2) is 11.5 Å². The number of carbonyl (C=O) groups is 3. The predicted molar refractivity (Wildman–Crippen MR) is 157 cm³/mol. The number of aryl methyl sites for hydroxylation is 1. The lowest BCUT2D eigenvalue weighted by Gasteiger charge is -2.26. The first-order chi connectivity index (χ1) is 17.7. The van der Waals surface area contributed by atoms with Crippen molar-refractivity contribution in [3.8, 4) is 11.5 Å². The van der Waals surface area contributed by atoms with Gasteiger partial charge in [-0.2, -0.15) is 0 Å². The lowest BCUT2D eigenvalue weighted by molar-refractivity contribution is -0.122. The summed E-state index contributed by atoms with van der Waals surface area (Å²) in [7, 11) is 0. The lowest BCUT2D eigenvalue weighted by Crippen LogP contribution is -2.54. The fourth-order valence-electron chi connectivity index (χ4n) is 3.64. The van der Waals surface area contributed by atoms with E-state index in [0.29, 0.717) is 40.4 Å². The zero-order valence-corrected chi connectivity index (χ0v) is 25.1. The van der Waals surface area contributed by atoms with Crippen molar-refractivity contribution in [2.45, 2.75) is 20.5 Å². The normalized spacial score (nSPS) is 14.7. The number of ether oxygens (including phenoxy) is 2. The first kappa shape index (κ1) is 27.3. The SMILES string of the molecule is CCOc1cc(/C=C2\C(=O)NC(=O)N(c3ccc(Br)c(C)c3)C2=O)cc(Br)c1OCc1ccc(I)cc1. The van der Waals surface area contributed by atoms with Crippen molar-refractivity contribution >= 4 is 84.1 Å². The number of anilines is 1. The number of carbonyl (C=O) groups excluding carboxylic acids is 3. The lowest BCUT2D eigenvalue weighted by atomic mass is 10.1. The van der Waals surface area contributed by atoms with Gasteiger partial charge in [0.2, 0.25) is 0 Å². The third-order valence-corrected chi connectivity index (χ3v) is 7.64. The molecule has 4 amide bonds. The average Bonchev–Trinajstić information content (AvgIpc) is 2.84. The van der Waals surface area contributed by atoms with Crippen LogP contribution in [0.4, 0.5) is 10.5 Å². The van der Waals surface area contributed by atoms with Gasteiger partial charge in [0.05, 0.1) is 16.8 Å². The Morgan fingerprint density at radius 3 is 2.38 bits per heavy atom. The molecule has 0 unspecified atom stereocenters. The molecule has 0 radical (unpaired) electrons. The summed E-state index contributed by atoms with van der Waals surface area (Å²) in [5, 5.41) is 2.25. The Balaban J connectivity index is 1.66.